The first-order chi connectivity index (χ1) is 8.67. The molecule has 0 aliphatic carbocycles. The average Bonchev–Trinajstić information content (AvgIpc) is 2.34. The molecule has 1 aromatic carbocycles. The quantitative estimate of drug-likeness (QED) is 0.830. The van der Waals surface area contributed by atoms with E-state index in [0.29, 0.717) is 23.9 Å². The molecule has 0 aliphatic heterocycles. The van der Waals surface area contributed by atoms with Crippen molar-refractivity contribution in [3.63, 3.8) is 0 Å². The monoisotopic (exact) mass is 272 g/mol. The first kappa shape index (κ1) is 14.8. The van der Waals surface area contributed by atoms with Gasteiger partial charge in [0.1, 0.15) is 0 Å². The molecule has 0 bridgehead atoms. The molecule has 0 fully saturated rings. The average molecular weight is 273 g/mol. The minimum Gasteiger partial charge on any atom is -0.395 e. The number of anilines is 1. The molecule has 5 nitrogen and oxygen atoms in total. The van der Waals surface area contributed by atoms with Crippen molar-refractivity contribution >= 4 is 23.3 Å². The molecule has 1 rings (SSSR count). The first-order valence-corrected chi connectivity index (χ1v) is 5.96. The van der Waals surface area contributed by atoms with Crippen molar-refractivity contribution in [2.75, 3.05) is 38.7 Å². The van der Waals surface area contributed by atoms with E-state index < -0.39 is 0 Å². The maximum absolute atomic E-state index is 11.9. The Balaban J connectivity index is 2.60. The van der Waals surface area contributed by atoms with E-state index in [1.54, 1.807) is 31.4 Å². The number of halogens is 1. The van der Waals surface area contributed by atoms with Crippen LogP contribution in [0.15, 0.2) is 24.3 Å². The Morgan fingerprint density at radius 3 is 2.89 bits per heavy atom. The highest BCUT2D eigenvalue weighted by Gasteiger charge is 2.12. The van der Waals surface area contributed by atoms with Gasteiger partial charge < -0.3 is 20.1 Å². The van der Waals surface area contributed by atoms with E-state index in [2.05, 4.69) is 5.32 Å². The lowest BCUT2D eigenvalue weighted by atomic mass is 10.3. The van der Waals surface area contributed by atoms with Crippen molar-refractivity contribution in [2.45, 2.75) is 0 Å². The number of nitrogens with zero attached hydrogens (tertiary/aromatic N) is 1. The zero-order valence-corrected chi connectivity index (χ0v) is 11.0. The molecule has 0 atom stereocenters. The summed E-state index contributed by atoms with van der Waals surface area (Å²) >= 11 is 5.83. The number of benzene rings is 1. The molecule has 0 aliphatic rings. The summed E-state index contributed by atoms with van der Waals surface area (Å²) in [4.78, 5) is 13.4. The number of hydrogen-bond donors (Lipinski definition) is 2. The van der Waals surface area contributed by atoms with Gasteiger partial charge in [-0.15, -0.1) is 0 Å². The molecule has 0 heterocycles. The lowest BCUT2D eigenvalue weighted by Gasteiger charge is -2.21. The van der Waals surface area contributed by atoms with Crippen molar-refractivity contribution < 1.29 is 14.6 Å². The number of hydrogen-bond acceptors (Lipinski definition) is 3. The molecule has 0 aromatic heterocycles. The standard InChI is InChI=1S/C12H17ClN2O3/c1-18-8-6-15(5-7-16)12(17)14-11-4-2-3-10(13)9-11/h2-4,9,16H,5-8H2,1H3,(H,14,17). The third-order valence-electron chi connectivity index (χ3n) is 2.30. The van der Waals surface area contributed by atoms with E-state index in [-0.39, 0.29) is 19.2 Å². The normalized spacial score (nSPS) is 10.2. The van der Waals surface area contributed by atoms with Gasteiger partial charge in [0.25, 0.3) is 0 Å². The number of carbonyl (C=O) groups excluding carboxylic acids is 1. The second kappa shape index (κ2) is 7.92. The Bertz CT molecular complexity index is 387. The van der Waals surface area contributed by atoms with Gasteiger partial charge in [0.2, 0.25) is 0 Å². The third-order valence-corrected chi connectivity index (χ3v) is 2.53. The van der Waals surface area contributed by atoms with E-state index in [4.69, 9.17) is 21.4 Å². The van der Waals surface area contributed by atoms with Crippen LogP contribution in [0.4, 0.5) is 10.5 Å². The molecule has 0 saturated carbocycles. The zero-order chi connectivity index (χ0) is 13.4. The number of carbonyl (C=O) groups is 1. The van der Waals surface area contributed by atoms with Crippen molar-refractivity contribution in [3.8, 4) is 0 Å². The molecule has 1 aromatic rings. The maximum atomic E-state index is 11.9. The summed E-state index contributed by atoms with van der Waals surface area (Å²) in [6.45, 7) is 1.01. The van der Waals surface area contributed by atoms with Crippen LogP contribution in [0.3, 0.4) is 0 Å². The molecule has 0 radical (unpaired) electrons. The van der Waals surface area contributed by atoms with Gasteiger partial charge in [-0.3, -0.25) is 0 Å². The SMILES string of the molecule is COCCN(CCO)C(=O)Nc1cccc(Cl)c1. The number of aliphatic hydroxyl groups excluding tert-OH is 1. The second-order valence-electron chi connectivity index (χ2n) is 3.64. The van der Waals surface area contributed by atoms with Crippen molar-refractivity contribution in [3.05, 3.63) is 29.3 Å². The number of urea groups is 1. The molecule has 6 heteroatoms. The van der Waals surface area contributed by atoms with Crippen LogP contribution < -0.4 is 5.32 Å². The summed E-state index contributed by atoms with van der Waals surface area (Å²) in [6, 6.07) is 6.60. The third kappa shape index (κ3) is 4.91. The van der Waals surface area contributed by atoms with Gasteiger partial charge in [-0.05, 0) is 18.2 Å². The van der Waals surface area contributed by atoms with E-state index in [0.717, 1.165) is 0 Å². The summed E-state index contributed by atoms with van der Waals surface area (Å²) in [7, 11) is 1.56. The van der Waals surface area contributed by atoms with Crippen molar-refractivity contribution in [1.29, 1.82) is 0 Å². The minimum absolute atomic E-state index is 0.0906. The van der Waals surface area contributed by atoms with Crippen LogP contribution in [0.1, 0.15) is 0 Å². The Morgan fingerprint density at radius 1 is 1.50 bits per heavy atom. The molecule has 2 N–H and O–H groups in total. The topological polar surface area (TPSA) is 61.8 Å². The molecule has 2 amide bonds. The number of aliphatic hydroxyl groups is 1. The molecular formula is C12H17ClN2O3. The summed E-state index contributed by atoms with van der Waals surface area (Å²) in [5, 5.41) is 12.2. The van der Waals surface area contributed by atoms with E-state index >= 15 is 0 Å². The van der Waals surface area contributed by atoms with Crippen LogP contribution >= 0.6 is 11.6 Å². The fourth-order valence-electron chi connectivity index (χ4n) is 1.41. The van der Waals surface area contributed by atoms with Gasteiger partial charge in [0, 0.05) is 30.9 Å². The number of amides is 2. The maximum Gasteiger partial charge on any atom is 0.322 e. The summed E-state index contributed by atoms with van der Waals surface area (Å²) in [5.74, 6) is 0. The van der Waals surface area contributed by atoms with Gasteiger partial charge >= 0.3 is 6.03 Å². The van der Waals surface area contributed by atoms with Crippen LogP contribution in [0.5, 0.6) is 0 Å². The Kier molecular flexibility index (Phi) is 6.49. The molecular weight excluding hydrogens is 256 g/mol. The molecule has 100 valence electrons. The summed E-state index contributed by atoms with van der Waals surface area (Å²) < 4.78 is 4.91. The molecule has 0 unspecified atom stereocenters. The fraction of sp³-hybridized carbons (Fsp3) is 0.417. The van der Waals surface area contributed by atoms with Gasteiger partial charge in [-0.2, -0.15) is 0 Å². The Morgan fingerprint density at radius 2 is 2.28 bits per heavy atom. The largest absolute Gasteiger partial charge is 0.395 e. The smallest absolute Gasteiger partial charge is 0.322 e. The van der Waals surface area contributed by atoms with Crippen LogP contribution in [0, 0.1) is 0 Å². The minimum atomic E-state index is -0.289. The highest BCUT2D eigenvalue weighted by atomic mass is 35.5. The highest BCUT2D eigenvalue weighted by molar-refractivity contribution is 6.30. The lowest BCUT2D eigenvalue weighted by molar-refractivity contribution is 0.142. The van der Waals surface area contributed by atoms with Gasteiger partial charge in [0.05, 0.1) is 13.2 Å². The van der Waals surface area contributed by atoms with E-state index in [1.807, 2.05) is 0 Å². The molecule has 0 spiro atoms. The predicted octanol–water partition coefficient (Wildman–Crippen LogP) is 1.81. The second-order valence-corrected chi connectivity index (χ2v) is 4.08. The predicted molar refractivity (Wildman–Crippen MR) is 71.0 cm³/mol. The Labute approximate surface area is 111 Å². The van der Waals surface area contributed by atoms with Crippen molar-refractivity contribution in [2.24, 2.45) is 0 Å². The Hall–Kier alpha value is -1.30. The number of methoxy groups -OCH3 is 1. The first-order valence-electron chi connectivity index (χ1n) is 5.58. The van der Waals surface area contributed by atoms with E-state index in [1.165, 1.54) is 4.90 Å². The van der Waals surface area contributed by atoms with Crippen LogP contribution in [0.2, 0.25) is 5.02 Å². The van der Waals surface area contributed by atoms with Crippen LogP contribution in [-0.4, -0.2) is 49.5 Å². The van der Waals surface area contributed by atoms with Crippen LogP contribution in [0.25, 0.3) is 0 Å². The number of rotatable bonds is 6. The molecule has 18 heavy (non-hydrogen) atoms. The van der Waals surface area contributed by atoms with Crippen LogP contribution in [-0.2, 0) is 4.74 Å². The highest BCUT2D eigenvalue weighted by Crippen LogP contribution is 2.15. The van der Waals surface area contributed by atoms with E-state index in [9.17, 15) is 4.79 Å². The summed E-state index contributed by atoms with van der Waals surface area (Å²) in [5.41, 5.74) is 0.618. The zero-order valence-electron chi connectivity index (χ0n) is 10.2. The summed E-state index contributed by atoms with van der Waals surface area (Å²) in [6.07, 6.45) is 0. The van der Waals surface area contributed by atoms with Gasteiger partial charge in [-0.25, -0.2) is 4.79 Å². The van der Waals surface area contributed by atoms with Gasteiger partial charge in [-0.1, -0.05) is 17.7 Å². The fourth-order valence-corrected chi connectivity index (χ4v) is 1.60. The molecule has 0 saturated heterocycles. The lowest BCUT2D eigenvalue weighted by Crippen LogP contribution is -2.39. The number of ether oxygens (including phenoxy) is 1. The van der Waals surface area contributed by atoms with Crippen molar-refractivity contribution in [1.82, 2.24) is 4.90 Å². The number of nitrogens with one attached hydrogen (secondary N) is 1. The van der Waals surface area contributed by atoms with Gasteiger partial charge in [0.15, 0.2) is 0 Å².